The largest absolute Gasteiger partial charge is 0.344 e. The van der Waals surface area contributed by atoms with Crippen molar-refractivity contribution in [1.29, 1.82) is 0 Å². The molecule has 0 saturated heterocycles. The molecule has 1 heterocycles. The first-order valence-corrected chi connectivity index (χ1v) is 9.61. The molecule has 4 rings (SSSR count). The molecule has 0 saturated carbocycles. The number of aromatic nitrogens is 3. The van der Waals surface area contributed by atoms with Gasteiger partial charge < -0.3 is 5.32 Å². The van der Waals surface area contributed by atoms with Crippen LogP contribution in [0.3, 0.4) is 0 Å². The standard InChI is InChI=1S/C24H22N4O/c1-18(21-15-7-13-20-12-5-6-14-22(20)21)25-24(29)23-17-28(27-26-23)16-8-11-19-9-3-2-4-10-19/h2-15,17-18H,16H2,1H3,(H,25,29). The summed E-state index contributed by atoms with van der Waals surface area (Å²) in [6.45, 7) is 2.53. The molecule has 1 aromatic heterocycles. The fraction of sp³-hybridized carbons (Fsp3) is 0.125. The van der Waals surface area contributed by atoms with Gasteiger partial charge in [0.25, 0.3) is 5.91 Å². The number of carbonyl (C=O) groups is 1. The number of allylic oxidation sites excluding steroid dienone is 1. The molecule has 1 unspecified atom stereocenters. The van der Waals surface area contributed by atoms with E-state index in [1.807, 2.05) is 73.7 Å². The molecule has 1 N–H and O–H groups in total. The van der Waals surface area contributed by atoms with Crippen LogP contribution in [0.15, 0.2) is 85.1 Å². The van der Waals surface area contributed by atoms with Gasteiger partial charge in [0.15, 0.2) is 5.69 Å². The lowest BCUT2D eigenvalue weighted by atomic mass is 9.99. The average molecular weight is 382 g/mol. The van der Waals surface area contributed by atoms with Crippen molar-refractivity contribution in [1.82, 2.24) is 20.3 Å². The summed E-state index contributed by atoms with van der Waals surface area (Å²) >= 11 is 0. The molecule has 1 atom stereocenters. The molecular formula is C24H22N4O. The van der Waals surface area contributed by atoms with E-state index in [1.54, 1.807) is 10.9 Å². The van der Waals surface area contributed by atoms with Crippen LogP contribution in [0.5, 0.6) is 0 Å². The van der Waals surface area contributed by atoms with Crippen LogP contribution >= 0.6 is 0 Å². The molecule has 5 nitrogen and oxygen atoms in total. The molecule has 0 radical (unpaired) electrons. The van der Waals surface area contributed by atoms with Gasteiger partial charge in [-0.15, -0.1) is 5.10 Å². The Morgan fingerprint density at radius 2 is 1.79 bits per heavy atom. The summed E-state index contributed by atoms with van der Waals surface area (Å²) in [7, 11) is 0. The van der Waals surface area contributed by atoms with E-state index >= 15 is 0 Å². The predicted octanol–water partition coefficient (Wildman–Crippen LogP) is 4.64. The van der Waals surface area contributed by atoms with Gasteiger partial charge in [0.2, 0.25) is 0 Å². The van der Waals surface area contributed by atoms with Crippen molar-refractivity contribution in [3.05, 3.63) is 102 Å². The van der Waals surface area contributed by atoms with Crippen molar-refractivity contribution >= 4 is 22.8 Å². The van der Waals surface area contributed by atoms with Gasteiger partial charge in [-0.2, -0.15) is 0 Å². The van der Waals surface area contributed by atoms with Gasteiger partial charge in [-0.1, -0.05) is 90.2 Å². The molecule has 3 aromatic carbocycles. The quantitative estimate of drug-likeness (QED) is 0.529. The number of hydrogen-bond acceptors (Lipinski definition) is 3. The van der Waals surface area contributed by atoms with Gasteiger partial charge in [0, 0.05) is 0 Å². The average Bonchev–Trinajstić information content (AvgIpc) is 3.23. The lowest BCUT2D eigenvalue weighted by Gasteiger charge is -2.15. The Morgan fingerprint density at radius 3 is 2.66 bits per heavy atom. The van der Waals surface area contributed by atoms with Crippen LogP contribution < -0.4 is 5.32 Å². The Bertz CT molecular complexity index is 1140. The zero-order chi connectivity index (χ0) is 20.1. The Kier molecular flexibility index (Phi) is 5.47. The van der Waals surface area contributed by atoms with Crippen LogP contribution in [0.2, 0.25) is 0 Å². The third-order valence-electron chi connectivity index (χ3n) is 4.81. The highest BCUT2D eigenvalue weighted by molar-refractivity contribution is 5.93. The highest BCUT2D eigenvalue weighted by Crippen LogP contribution is 2.24. The summed E-state index contributed by atoms with van der Waals surface area (Å²) in [6.07, 6.45) is 5.68. The van der Waals surface area contributed by atoms with Crippen LogP contribution in [0.1, 0.15) is 34.6 Å². The SMILES string of the molecule is CC(NC(=O)c1cn(CC=Cc2ccccc2)nn1)c1cccc2ccccc12. The third kappa shape index (κ3) is 4.41. The smallest absolute Gasteiger partial charge is 0.273 e. The van der Waals surface area contributed by atoms with Crippen LogP contribution in [0.4, 0.5) is 0 Å². The minimum atomic E-state index is -0.233. The zero-order valence-corrected chi connectivity index (χ0v) is 16.2. The molecule has 0 bridgehead atoms. The van der Waals surface area contributed by atoms with Crippen LogP contribution in [-0.4, -0.2) is 20.9 Å². The minimum absolute atomic E-state index is 0.142. The molecule has 0 spiro atoms. The topological polar surface area (TPSA) is 59.8 Å². The van der Waals surface area contributed by atoms with E-state index in [0.717, 1.165) is 21.9 Å². The first-order chi connectivity index (χ1) is 14.2. The Labute approximate surface area is 169 Å². The highest BCUT2D eigenvalue weighted by atomic mass is 16.2. The number of fused-ring (bicyclic) bond motifs is 1. The first kappa shape index (κ1) is 18.6. The lowest BCUT2D eigenvalue weighted by Crippen LogP contribution is -2.27. The number of nitrogens with one attached hydrogen (secondary N) is 1. The number of carbonyl (C=O) groups excluding carboxylic acids is 1. The Hall–Kier alpha value is -3.73. The Morgan fingerprint density at radius 1 is 1.03 bits per heavy atom. The van der Waals surface area contributed by atoms with Crippen molar-refractivity contribution in [2.24, 2.45) is 0 Å². The fourth-order valence-corrected chi connectivity index (χ4v) is 3.33. The third-order valence-corrected chi connectivity index (χ3v) is 4.81. The monoisotopic (exact) mass is 382 g/mol. The Balaban J connectivity index is 1.42. The summed E-state index contributed by atoms with van der Waals surface area (Å²) in [6, 6.07) is 24.2. The van der Waals surface area contributed by atoms with Gasteiger partial charge in [0.05, 0.1) is 18.8 Å². The predicted molar refractivity (Wildman–Crippen MR) is 115 cm³/mol. The summed E-state index contributed by atoms with van der Waals surface area (Å²) in [5, 5.41) is 13.4. The lowest BCUT2D eigenvalue weighted by molar-refractivity contribution is 0.0935. The second kappa shape index (κ2) is 8.52. The van der Waals surface area contributed by atoms with Crippen molar-refractivity contribution in [3.63, 3.8) is 0 Å². The summed E-state index contributed by atoms with van der Waals surface area (Å²) in [5.41, 5.74) is 2.51. The van der Waals surface area contributed by atoms with E-state index < -0.39 is 0 Å². The van der Waals surface area contributed by atoms with E-state index in [-0.39, 0.29) is 11.9 Å². The summed E-state index contributed by atoms with van der Waals surface area (Å²) in [5.74, 6) is -0.233. The van der Waals surface area contributed by atoms with Crippen molar-refractivity contribution < 1.29 is 4.79 Å². The summed E-state index contributed by atoms with van der Waals surface area (Å²) in [4.78, 5) is 12.6. The van der Waals surface area contributed by atoms with Gasteiger partial charge in [-0.3, -0.25) is 4.79 Å². The molecule has 0 fully saturated rings. The van der Waals surface area contributed by atoms with E-state index in [9.17, 15) is 4.79 Å². The van der Waals surface area contributed by atoms with Crippen LogP contribution in [0, 0.1) is 0 Å². The van der Waals surface area contributed by atoms with E-state index in [0.29, 0.717) is 12.2 Å². The molecule has 5 heteroatoms. The molecule has 0 aliphatic heterocycles. The first-order valence-electron chi connectivity index (χ1n) is 9.61. The number of amides is 1. The normalized spacial score (nSPS) is 12.3. The van der Waals surface area contributed by atoms with E-state index in [4.69, 9.17) is 0 Å². The van der Waals surface area contributed by atoms with Crippen LogP contribution in [0.25, 0.3) is 16.8 Å². The molecule has 0 aliphatic rings. The number of hydrogen-bond donors (Lipinski definition) is 1. The van der Waals surface area contributed by atoms with Gasteiger partial charge >= 0.3 is 0 Å². The van der Waals surface area contributed by atoms with Crippen molar-refractivity contribution in [2.75, 3.05) is 0 Å². The van der Waals surface area contributed by atoms with E-state index in [2.05, 4.69) is 33.8 Å². The molecule has 144 valence electrons. The zero-order valence-electron chi connectivity index (χ0n) is 16.2. The molecule has 0 aliphatic carbocycles. The maximum Gasteiger partial charge on any atom is 0.273 e. The number of nitrogens with zero attached hydrogens (tertiary/aromatic N) is 3. The van der Waals surface area contributed by atoms with Gasteiger partial charge in [0.1, 0.15) is 0 Å². The number of benzene rings is 3. The molecule has 29 heavy (non-hydrogen) atoms. The second-order valence-corrected chi connectivity index (χ2v) is 6.90. The van der Waals surface area contributed by atoms with Crippen molar-refractivity contribution in [2.45, 2.75) is 19.5 Å². The van der Waals surface area contributed by atoms with Gasteiger partial charge in [-0.05, 0) is 28.8 Å². The summed E-state index contributed by atoms with van der Waals surface area (Å²) < 4.78 is 1.65. The maximum atomic E-state index is 12.6. The fourth-order valence-electron chi connectivity index (χ4n) is 3.33. The second-order valence-electron chi connectivity index (χ2n) is 6.90. The van der Waals surface area contributed by atoms with Crippen molar-refractivity contribution in [3.8, 4) is 0 Å². The molecule has 1 amide bonds. The minimum Gasteiger partial charge on any atom is -0.344 e. The van der Waals surface area contributed by atoms with E-state index in [1.165, 1.54) is 0 Å². The highest BCUT2D eigenvalue weighted by Gasteiger charge is 2.16. The number of rotatable bonds is 6. The molecular weight excluding hydrogens is 360 g/mol. The maximum absolute atomic E-state index is 12.6. The van der Waals surface area contributed by atoms with Crippen LogP contribution in [-0.2, 0) is 6.54 Å². The van der Waals surface area contributed by atoms with Gasteiger partial charge in [-0.25, -0.2) is 4.68 Å². The molecule has 4 aromatic rings.